The Labute approximate surface area is 90.9 Å². The fourth-order valence-corrected chi connectivity index (χ4v) is 1.41. The van der Waals surface area contributed by atoms with Crippen molar-refractivity contribution in [2.45, 2.75) is 0 Å². The van der Waals surface area contributed by atoms with E-state index in [-0.39, 0.29) is 0 Å². The number of hydrogen-bond donors (Lipinski definition) is 0. The van der Waals surface area contributed by atoms with Gasteiger partial charge in [0, 0.05) is 0 Å². The van der Waals surface area contributed by atoms with Gasteiger partial charge in [-0.05, 0) is 23.8 Å². The SMILES string of the molecule is O=[C]/C=C/c1cc(Cl)c(Cl)c(Cl)c1. The van der Waals surface area contributed by atoms with Gasteiger partial charge in [-0.2, -0.15) is 0 Å². The number of rotatable bonds is 2. The van der Waals surface area contributed by atoms with Crippen LogP contribution in [0.1, 0.15) is 5.56 Å². The normalized spacial score (nSPS) is 10.7. The lowest BCUT2D eigenvalue weighted by Crippen LogP contribution is -1.76. The fourth-order valence-electron chi connectivity index (χ4n) is 0.802. The van der Waals surface area contributed by atoms with Gasteiger partial charge in [-0.1, -0.05) is 40.9 Å². The molecule has 0 bridgehead atoms. The van der Waals surface area contributed by atoms with Crippen molar-refractivity contribution in [2.75, 3.05) is 0 Å². The highest BCUT2D eigenvalue weighted by Crippen LogP contribution is 2.31. The highest BCUT2D eigenvalue weighted by Gasteiger charge is 2.03. The largest absolute Gasteiger partial charge is 0.286 e. The second-order valence-electron chi connectivity index (χ2n) is 2.25. The summed E-state index contributed by atoms with van der Waals surface area (Å²) in [6, 6.07) is 3.23. The Balaban J connectivity index is 3.12. The number of hydrogen-bond acceptors (Lipinski definition) is 1. The lowest BCUT2D eigenvalue weighted by atomic mass is 10.2. The summed E-state index contributed by atoms with van der Waals surface area (Å²) < 4.78 is 0. The fraction of sp³-hybridized carbons (Fsp3) is 0. The zero-order valence-corrected chi connectivity index (χ0v) is 8.62. The minimum atomic E-state index is 0.315. The van der Waals surface area contributed by atoms with Gasteiger partial charge in [0.1, 0.15) is 0 Å². The predicted octanol–water partition coefficient (Wildman–Crippen LogP) is 3.77. The highest BCUT2D eigenvalue weighted by molar-refractivity contribution is 6.48. The molecular formula is C9H4Cl3O. The molecule has 1 aromatic carbocycles. The maximum atomic E-state index is 9.91. The Morgan fingerprint density at radius 1 is 1.15 bits per heavy atom. The van der Waals surface area contributed by atoms with Gasteiger partial charge < -0.3 is 0 Å². The van der Waals surface area contributed by atoms with E-state index >= 15 is 0 Å². The first-order valence-electron chi connectivity index (χ1n) is 3.34. The molecule has 4 heteroatoms. The van der Waals surface area contributed by atoms with Crippen molar-refractivity contribution in [3.05, 3.63) is 38.8 Å². The van der Waals surface area contributed by atoms with Crippen LogP contribution >= 0.6 is 34.8 Å². The minimum Gasteiger partial charge on any atom is -0.286 e. The molecule has 0 saturated heterocycles. The van der Waals surface area contributed by atoms with E-state index in [0.29, 0.717) is 20.6 Å². The van der Waals surface area contributed by atoms with Crippen molar-refractivity contribution in [1.29, 1.82) is 0 Å². The summed E-state index contributed by atoms with van der Waals surface area (Å²) >= 11 is 17.2. The van der Waals surface area contributed by atoms with Crippen LogP contribution in [0.15, 0.2) is 18.2 Å². The van der Waals surface area contributed by atoms with Gasteiger partial charge in [0.15, 0.2) is 0 Å². The third-order valence-corrected chi connectivity index (χ3v) is 2.55. The molecule has 1 aromatic rings. The van der Waals surface area contributed by atoms with E-state index in [1.807, 2.05) is 0 Å². The second kappa shape index (κ2) is 4.66. The van der Waals surface area contributed by atoms with Crippen LogP contribution in [0.3, 0.4) is 0 Å². The van der Waals surface area contributed by atoms with E-state index in [1.54, 1.807) is 24.5 Å². The molecular weight excluding hydrogens is 230 g/mol. The van der Waals surface area contributed by atoms with Crippen LogP contribution in [0.25, 0.3) is 6.08 Å². The summed E-state index contributed by atoms with van der Waals surface area (Å²) in [5.41, 5.74) is 0.711. The molecule has 67 valence electrons. The maximum absolute atomic E-state index is 9.91. The molecule has 0 aliphatic heterocycles. The summed E-state index contributed by atoms with van der Waals surface area (Å²) in [4.78, 5) is 9.91. The van der Waals surface area contributed by atoms with Gasteiger partial charge in [-0.3, -0.25) is 4.79 Å². The van der Waals surface area contributed by atoms with Gasteiger partial charge in [0.05, 0.1) is 15.1 Å². The molecule has 0 aliphatic carbocycles. The molecule has 0 spiro atoms. The van der Waals surface area contributed by atoms with Crippen molar-refractivity contribution in [2.24, 2.45) is 0 Å². The third kappa shape index (κ3) is 2.73. The molecule has 0 unspecified atom stereocenters. The van der Waals surface area contributed by atoms with E-state index in [1.165, 1.54) is 6.08 Å². The Bertz CT molecular complexity index is 335. The van der Waals surface area contributed by atoms with Crippen LogP contribution in [0.5, 0.6) is 0 Å². The van der Waals surface area contributed by atoms with Crippen molar-refractivity contribution in [3.8, 4) is 0 Å². The van der Waals surface area contributed by atoms with Crippen LogP contribution in [0, 0.1) is 0 Å². The van der Waals surface area contributed by atoms with Crippen LogP contribution < -0.4 is 0 Å². The van der Waals surface area contributed by atoms with Crippen molar-refractivity contribution in [3.63, 3.8) is 0 Å². The summed E-state index contributed by atoms with van der Waals surface area (Å²) in [7, 11) is 0. The molecule has 0 aliphatic rings. The van der Waals surface area contributed by atoms with Gasteiger partial charge in [0.25, 0.3) is 0 Å². The lowest BCUT2D eigenvalue weighted by molar-refractivity contribution is 0.564. The molecule has 13 heavy (non-hydrogen) atoms. The number of carbonyl (C=O) groups excluding carboxylic acids is 1. The molecule has 0 fully saturated rings. The van der Waals surface area contributed by atoms with Gasteiger partial charge >= 0.3 is 0 Å². The monoisotopic (exact) mass is 233 g/mol. The molecule has 0 aromatic heterocycles. The van der Waals surface area contributed by atoms with Crippen LogP contribution in [0.2, 0.25) is 15.1 Å². The second-order valence-corrected chi connectivity index (χ2v) is 3.44. The Morgan fingerprint density at radius 3 is 2.15 bits per heavy atom. The quantitative estimate of drug-likeness (QED) is 0.562. The molecule has 1 nitrogen and oxygen atoms in total. The van der Waals surface area contributed by atoms with Crippen molar-refractivity contribution < 1.29 is 4.79 Å². The van der Waals surface area contributed by atoms with Gasteiger partial charge in [-0.15, -0.1) is 0 Å². The zero-order chi connectivity index (χ0) is 9.84. The third-order valence-electron chi connectivity index (χ3n) is 1.35. The molecule has 0 N–H and O–H groups in total. The summed E-state index contributed by atoms with van der Waals surface area (Å²) in [6.45, 7) is 0. The first-order chi connectivity index (χ1) is 6.15. The van der Waals surface area contributed by atoms with Gasteiger partial charge in [-0.25, -0.2) is 0 Å². The molecule has 0 saturated carbocycles. The Hall–Kier alpha value is -0.500. The minimum absolute atomic E-state index is 0.315. The van der Waals surface area contributed by atoms with Crippen LogP contribution in [0.4, 0.5) is 0 Å². The van der Waals surface area contributed by atoms with E-state index in [2.05, 4.69) is 0 Å². The topological polar surface area (TPSA) is 17.1 Å². The van der Waals surface area contributed by atoms with E-state index in [0.717, 1.165) is 0 Å². The summed E-state index contributed by atoms with van der Waals surface area (Å²) in [5.74, 6) is 0. The summed E-state index contributed by atoms with van der Waals surface area (Å²) in [6.07, 6.45) is 4.39. The van der Waals surface area contributed by atoms with E-state index in [4.69, 9.17) is 34.8 Å². The number of benzene rings is 1. The Kier molecular flexibility index (Phi) is 3.79. The zero-order valence-electron chi connectivity index (χ0n) is 6.35. The van der Waals surface area contributed by atoms with Crippen LogP contribution in [-0.2, 0) is 4.79 Å². The van der Waals surface area contributed by atoms with E-state index in [9.17, 15) is 4.79 Å². The van der Waals surface area contributed by atoms with Crippen molar-refractivity contribution in [1.82, 2.24) is 0 Å². The molecule has 0 amide bonds. The van der Waals surface area contributed by atoms with Crippen molar-refractivity contribution >= 4 is 47.2 Å². The average Bonchev–Trinajstić information content (AvgIpc) is 2.10. The average molecular weight is 234 g/mol. The molecule has 1 rings (SSSR count). The first kappa shape index (κ1) is 10.6. The molecule has 0 heterocycles. The number of halogens is 3. The standard InChI is InChI=1S/C9H4Cl3O/c10-7-4-6(2-1-3-13)5-8(11)9(7)12/h1-2,4-5H/b2-1+. The smallest absolute Gasteiger partial charge is 0.225 e. The Morgan fingerprint density at radius 2 is 1.69 bits per heavy atom. The molecule has 1 radical (unpaired) electrons. The van der Waals surface area contributed by atoms with E-state index < -0.39 is 0 Å². The maximum Gasteiger partial charge on any atom is 0.225 e. The number of allylic oxidation sites excluding steroid dienone is 1. The first-order valence-corrected chi connectivity index (χ1v) is 4.47. The van der Waals surface area contributed by atoms with Crippen LogP contribution in [-0.4, -0.2) is 6.29 Å². The highest BCUT2D eigenvalue weighted by atomic mass is 35.5. The predicted molar refractivity (Wildman–Crippen MR) is 56.2 cm³/mol. The van der Waals surface area contributed by atoms with Gasteiger partial charge in [0.2, 0.25) is 6.29 Å². The summed E-state index contributed by atoms with van der Waals surface area (Å²) in [5, 5.41) is 1.04. The molecule has 0 atom stereocenters. The lowest BCUT2D eigenvalue weighted by Gasteiger charge is -2.00.